The molecular formula is C9H12BrNOS. The Kier molecular flexibility index (Phi) is 2.74. The summed E-state index contributed by atoms with van der Waals surface area (Å²) in [5.41, 5.74) is 5.96. The third-order valence-corrected chi connectivity index (χ3v) is 4.05. The molecule has 1 saturated heterocycles. The summed E-state index contributed by atoms with van der Waals surface area (Å²) in [5.74, 6) is 0. The van der Waals surface area contributed by atoms with E-state index in [0.717, 1.165) is 26.2 Å². The molecule has 13 heavy (non-hydrogen) atoms. The Bertz CT molecular complexity index is 290. The first kappa shape index (κ1) is 9.65. The van der Waals surface area contributed by atoms with E-state index < -0.39 is 0 Å². The smallest absolute Gasteiger partial charge is 0.0701 e. The topological polar surface area (TPSA) is 35.2 Å². The molecule has 0 bridgehead atoms. The lowest BCUT2D eigenvalue weighted by Gasteiger charge is -2.40. The van der Waals surface area contributed by atoms with Crippen LogP contribution in [-0.4, -0.2) is 19.8 Å². The second-order valence-electron chi connectivity index (χ2n) is 3.58. The van der Waals surface area contributed by atoms with Gasteiger partial charge in [-0.25, -0.2) is 0 Å². The zero-order valence-electron chi connectivity index (χ0n) is 7.25. The fourth-order valence-corrected chi connectivity index (χ4v) is 3.16. The van der Waals surface area contributed by atoms with Gasteiger partial charge < -0.3 is 10.5 Å². The molecule has 0 aromatic carbocycles. The van der Waals surface area contributed by atoms with E-state index in [-0.39, 0.29) is 5.41 Å². The molecule has 1 aliphatic rings. The highest BCUT2D eigenvalue weighted by atomic mass is 79.9. The van der Waals surface area contributed by atoms with E-state index in [1.54, 1.807) is 11.3 Å². The first-order valence-corrected chi connectivity index (χ1v) is 5.87. The average Bonchev–Trinajstić information content (AvgIpc) is 2.44. The summed E-state index contributed by atoms with van der Waals surface area (Å²) in [6.45, 7) is 2.36. The van der Waals surface area contributed by atoms with Crippen molar-refractivity contribution in [1.82, 2.24) is 0 Å². The van der Waals surface area contributed by atoms with Crippen LogP contribution in [0.15, 0.2) is 15.9 Å². The summed E-state index contributed by atoms with van der Waals surface area (Å²) in [6.07, 6.45) is 1.06. The predicted molar refractivity (Wildman–Crippen MR) is 58.0 cm³/mol. The summed E-state index contributed by atoms with van der Waals surface area (Å²) in [5, 5.41) is 0. The molecular weight excluding hydrogens is 250 g/mol. The highest BCUT2D eigenvalue weighted by molar-refractivity contribution is 9.11. The molecule has 0 amide bonds. The minimum atomic E-state index is 0.226. The van der Waals surface area contributed by atoms with E-state index >= 15 is 0 Å². The summed E-state index contributed by atoms with van der Waals surface area (Å²) < 4.78 is 6.41. The zero-order chi connectivity index (χ0) is 9.31. The van der Waals surface area contributed by atoms with Crippen molar-refractivity contribution >= 4 is 27.3 Å². The van der Waals surface area contributed by atoms with Gasteiger partial charge in [0.2, 0.25) is 0 Å². The van der Waals surface area contributed by atoms with Crippen molar-refractivity contribution in [2.45, 2.75) is 6.42 Å². The molecule has 1 aliphatic heterocycles. The zero-order valence-corrected chi connectivity index (χ0v) is 9.66. The van der Waals surface area contributed by atoms with Crippen LogP contribution in [-0.2, 0) is 11.2 Å². The molecule has 1 fully saturated rings. The molecule has 72 valence electrons. The van der Waals surface area contributed by atoms with E-state index in [0.29, 0.717) is 0 Å². The van der Waals surface area contributed by atoms with Crippen LogP contribution in [0.5, 0.6) is 0 Å². The van der Waals surface area contributed by atoms with E-state index in [9.17, 15) is 0 Å². The van der Waals surface area contributed by atoms with Gasteiger partial charge >= 0.3 is 0 Å². The minimum absolute atomic E-state index is 0.226. The molecule has 2 nitrogen and oxygen atoms in total. The molecule has 0 radical (unpaired) electrons. The molecule has 4 heteroatoms. The van der Waals surface area contributed by atoms with Crippen LogP contribution in [0.1, 0.15) is 4.88 Å². The van der Waals surface area contributed by atoms with Gasteiger partial charge in [-0.1, -0.05) is 0 Å². The van der Waals surface area contributed by atoms with E-state index in [4.69, 9.17) is 10.5 Å². The summed E-state index contributed by atoms with van der Waals surface area (Å²) in [6, 6.07) is 4.24. The number of thiophene rings is 1. The highest BCUT2D eigenvalue weighted by Gasteiger charge is 2.37. The summed E-state index contributed by atoms with van der Waals surface area (Å²) >= 11 is 5.24. The molecule has 1 aromatic heterocycles. The maximum Gasteiger partial charge on any atom is 0.0701 e. The van der Waals surface area contributed by atoms with Gasteiger partial charge in [0.05, 0.1) is 17.0 Å². The molecule has 0 saturated carbocycles. The van der Waals surface area contributed by atoms with Gasteiger partial charge in [0.15, 0.2) is 0 Å². The third-order valence-electron chi connectivity index (χ3n) is 2.43. The standard InChI is InChI=1S/C9H12BrNOS/c10-8-2-1-7(13-8)3-9(4-11)5-12-6-9/h1-2H,3-6,11H2. The molecule has 0 spiro atoms. The van der Waals surface area contributed by atoms with Crippen LogP contribution in [0.2, 0.25) is 0 Å². The lowest BCUT2D eigenvalue weighted by Crippen LogP contribution is -2.49. The van der Waals surface area contributed by atoms with Gasteiger partial charge in [0.1, 0.15) is 0 Å². The van der Waals surface area contributed by atoms with E-state index in [1.165, 1.54) is 8.66 Å². The quantitative estimate of drug-likeness (QED) is 0.904. The van der Waals surface area contributed by atoms with Crippen molar-refractivity contribution in [3.63, 3.8) is 0 Å². The van der Waals surface area contributed by atoms with Gasteiger partial charge in [-0.15, -0.1) is 11.3 Å². The molecule has 2 rings (SSSR count). The van der Waals surface area contributed by atoms with Crippen molar-refractivity contribution < 1.29 is 4.74 Å². The van der Waals surface area contributed by atoms with Gasteiger partial charge in [-0.3, -0.25) is 0 Å². The number of nitrogens with two attached hydrogens (primary N) is 1. The average molecular weight is 262 g/mol. The predicted octanol–water partition coefficient (Wildman–Crippen LogP) is 2.03. The monoisotopic (exact) mass is 261 g/mol. The number of hydrogen-bond acceptors (Lipinski definition) is 3. The Balaban J connectivity index is 2.04. The maximum absolute atomic E-state index is 5.74. The largest absolute Gasteiger partial charge is 0.380 e. The molecule has 0 aliphatic carbocycles. The van der Waals surface area contributed by atoms with Gasteiger partial charge in [0, 0.05) is 16.8 Å². The normalized spacial score (nSPS) is 19.8. The Labute approximate surface area is 90.2 Å². The number of ether oxygens (including phenoxy) is 1. The van der Waals surface area contributed by atoms with Crippen molar-refractivity contribution in [1.29, 1.82) is 0 Å². The van der Waals surface area contributed by atoms with Crippen LogP contribution in [0.25, 0.3) is 0 Å². The summed E-state index contributed by atoms with van der Waals surface area (Å²) in [4.78, 5) is 1.39. The van der Waals surface area contributed by atoms with E-state index in [2.05, 4.69) is 28.1 Å². The van der Waals surface area contributed by atoms with Crippen molar-refractivity contribution in [3.05, 3.63) is 20.8 Å². The lowest BCUT2D eigenvalue weighted by atomic mass is 9.82. The van der Waals surface area contributed by atoms with Crippen LogP contribution in [0.3, 0.4) is 0 Å². The van der Waals surface area contributed by atoms with Crippen LogP contribution < -0.4 is 5.73 Å². The fourth-order valence-electron chi connectivity index (χ4n) is 1.50. The molecule has 2 heterocycles. The molecule has 2 N–H and O–H groups in total. The van der Waals surface area contributed by atoms with Crippen molar-refractivity contribution in [2.24, 2.45) is 11.1 Å². The SMILES string of the molecule is NCC1(Cc2ccc(Br)s2)COC1. The lowest BCUT2D eigenvalue weighted by molar-refractivity contribution is -0.106. The molecule has 0 unspecified atom stereocenters. The second kappa shape index (κ2) is 3.69. The van der Waals surface area contributed by atoms with Crippen molar-refractivity contribution in [3.8, 4) is 0 Å². The van der Waals surface area contributed by atoms with Gasteiger partial charge in [-0.05, 0) is 34.5 Å². The van der Waals surface area contributed by atoms with Crippen LogP contribution >= 0.6 is 27.3 Å². The Morgan fingerprint density at radius 3 is 2.69 bits per heavy atom. The maximum atomic E-state index is 5.74. The molecule has 0 atom stereocenters. The number of rotatable bonds is 3. The first-order valence-electron chi connectivity index (χ1n) is 4.26. The first-order chi connectivity index (χ1) is 6.24. The van der Waals surface area contributed by atoms with Crippen LogP contribution in [0, 0.1) is 5.41 Å². The van der Waals surface area contributed by atoms with Gasteiger partial charge in [0.25, 0.3) is 0 Å². The minimum Gasteiger partial charge on any atom is -0.380 e. The second-order valence-corrected chi connectivity index (χ2v) is 6.13. The number of hydrogen-bond donors (Lipinski definition) is 1. The fraction of sp³-hybridized carbons (Fsp3) is 0.556. The van der Waals surface area contributed by atoms with Gasteiger partial charge in [-0.2, -0.15) is 0 Å². The Morgan fingerprint density at radius 1 is 1.54 bits per heavy atom. The molecule has 1 aromatic rings. The third kappa shape index (κ3) is 1.96. The summed E-state index contributed by atoms with van der Waals surface area (Å²) in [7, 11) is 0. The Morgan fingerprint density at radius 2 is 2.31 bits per heavy atom. The van der Waals surface area contributed by atoms with Crippen LogP contribution in [0.4, 0.5) is 0 Å². The number of halogens is 1. The Hall–Kier alpha value is 0.1000. The van der Waals surface area contributed by atoms with Crippen molar-refractivity contribution in [2.75, 3.05) is 19.8 Å². The van der Waals surface area contributed by atoms with E-state index in [1.807, 2.05) is 0 Å². The highest BCUT2D eigenvalue weighted by Crippen LogP contribution is 2.34.